The third-order valence-electron chi connectivity index (χ3n) is 4.11. The summed E-state index contributed by atoms with van der Waals surface area (Å²) in [4.78, 5) is 14.1. The molecule has 2 rings (SSSR count). The lowest BCUT2D eigenvalue weighted by Crippen LogP contribution is -2.39. The van der Waals surface area contributed by atoms with Gasteiger partial charge >= 0.3 is 0 Å². The average Bonchev–Trinajstić information content (AvgIpc) is 2.94. The van der Waals surface area contributed by atoms with Gasteiger partial charge in [-0.3, -0.25) is 4.79 Å². The minimum atomic E-state index is 0.133. The Labute approximate surface area is 97.8 Å². The average molecular weight is 225 g/mol. The summed E-state index contributed by atoms with van der Waals surface area (Å²) >= 11 is 0. The Bertz CT molecular complexity index is 236. The zero-order valence-electron chi connectivity index (χ0n) is 10.0. The Morgan fingerprint density at radius 3 is 2.62 bits per heavy atom. The summed E-state index contributed by atoms with van der Waals surface area (Å²) in [6, 6.07) is 0.522. The molecule has 1 saturated carbocycles. The zero-order chi connectivity index (χ0) is 11.4. The molecule has 16 heavy (non-hydrogen) atoms. The monoisotopic (exact) mass is 225 g/mol. The van der Waals surface area contributed by atoms with Gasteiger partial charge in [0.25, 0.3) is 0 Å². The fourth-order valence-electron chi connectivity index (χ4n) is 3.31. The molecule has 1 aliphatic heterocycles. The van der Waals surface area contributed by atoms with E-state index in [9.17, 15) is 4.79 Å². The lowest BCUT2D eigenvalue weighted by Gasteiger charge is -2.29. The minimum Gasteiger partial charge on any atom is -0.396 e. The lowest BCUT2D eigenvalue weighted by molar-refractivity contribution is -0.133. The first-order valence-electron chi connectivity index (χ1n) is 6.73. The van der Waals surface area contributed by atoms with E-state index >= 15 is 0 Å². The third kappa shape index (κ3) is 2.57. The number of carbonyl (C=O) groups is 1. The summed E-state index contributed by atoms with van der Waals surface area (Å²) in [6.45, 7) is 1.08. The van der Waals surface area contributed by atoms with Crippen LogP contribution >= 0.6 is 0 Å². The normalized spacial score (nSPS) is 26.6. The highest BCUT2D eigenvalue weighted by atomic mass is 16.3. The van der Waals surface area contributed by atoms with Crippen LogP contribution in [0.5, 0.6) is 0 Å². The number of nitrogens with zero attached hydrogens (tertiary/aromatic N) is 1. The van der Waals surface area contributed by atoms with Crippen molar-refractivity contribution in [2.75, 3.05) is 13.2 Å². The van der Waals surface area contributed by atoms with Crippen LogP contribution in [0.3, 0.4) is 0 Å². The van der Waals surface area contributed by atoms with Gasteiger partial charge in [-0.25, -0.2) is 0 Å². The molecule has 0 spiro atoms. The van der Waals surface area contributed by atoms with E-state index in [1.165, 1.54) is 38.5 Å². The van der Waals surface area contributed by atoms with E-state index < -0.39 is 0 Å². The Morgan fingerprint density at radius 2 is 1.94 bits per heavy atom. The molecule has 2 fully saturated rings. The molecule has 0 aromatic carbocycles. The fourth-order valence-corrected chi connectivity index (χ4v) is 3.31. The van der Waals surface area contributed by atoms with E-state index in [4.69, 9.17) is 5.11 Å². The fraction of sp³-hybridized carbons (Fsp3) is 0.923. The number of hydrogen-bond acceptors (Lipinski definition) is 2. The molecular formula is C13H23NO2. The topological polar surface area (TPSA) is 40.5 Å². The standard InChI is InChI=1S/C13H23NO2/c15-10-4-8-13(16)14-9-3-7-12(14)11-5-1-2-6-11/h11-12,15H,1-10H2. The Morgan fingerprint density at radius 1 is 1.19 bits per heavy atom. The molecule has 0 bridgehead atoms. The number of rotatable bonds is 4. The second-order valence-corrected chi connectivity index (χ2v) is 5.17. The van der Waals surface area contributed by atoms with Gasteiger partial charge in [0.15, 0.2) is 0 Å². The number of aliphatic hydroxyl groups is 1. The Balaban J connectivity index is 1.89. The lowest BCUT2D eigenvalue weighted by atomic mass is 9.96. The zero-order valence-corrected chi connectivity index (χ0v) is 10.0. The van der Waals surface area contributed by atoms with Gasteiger partial charge in [0.1, 0.15) is 0 Å². The summed E-state index contributed by atoms with van der Waals surface area (Å²) in [7, 11) is 0. The van der Waals surface area contributed by atoms with E-state index in [0.717, 1.165) is 12.5 Å². The van der Waals surface area contributed by atoms with Crippen LogP contribution in [0.4, 0.5) is 0 Å². The largest absolute Gasteiger partial charge is 0.396 e. The molecule has 1 N–H and O–H groups in total. The van der Waals surface area contributed by atoms with Crippen molar-refractivity contribution >= 4 is 5.91 Å². The number of likely N-dealkylation sites (tertiary alicyclic amines) is 1. The van der Waals surface area contributed by atoms with Crippen LogP contribution in [-0.4, -0.2) is 35.1 Å². The molecule has 1 unspecified atom stereocenters. The summed E-state index contributed by atoms with van der Waals surface area (Å²) in [5, 5.41) is 8.76. The van der Waals surface area contributed by atoms with Crippen molar-refractivity contribution in [2.45, 2.75) is 57.4 Å². The second-order valence-electron chi connectivity index (χ2n) is 5.17. The number of hydrogen-bond donors (Lipinski definition) is 1. The molecule has 0 radical (unpaired) electrons. The highest BCUT2D eigenvalue weighted by Gasteiger charge is 2.35. The molecule has 3 nitrogen and oxygen atoms in total. The summed E-state index contributed by atoms with van der Waals surface area (Å²) in [5.74, 6) is 1.03. The number of aliphatic hydroxyl groups excluding tert-OH is 1. The molecule has 2 aliphatic rings. The molecule has 92 valence electrons. The van der Waals surface area contributed by atoms with Crippen molar-refractivity contribution < 1.29 is 9.90 Å². The van der Waals surface area contributed by atoms with Crippen molar-refractivity contribution in [3.8, 4) is 0 Å². The van der Waals surface area contributed by atoms with E-state index in [1.807, 2.05) is 0 Å². The predicted octanol–water partition coefficient (Wildman–Crippen LogP) is 1.94. The van der Waals surface area contributed by atoms with Gasteiger partial charge < -0.3 is 10.0 Å². The Kier molecular flexibility index (Phi) is 4.22. The van der Waals surface area contributed by atoms with Gasteiger partial charge in [-0.05, 0) is 38.0 Å². The molecule has 1 saturated heterocycles. The maximum atomic E-state index is 12.0. The van der Waals surface area contributed by atoms with Crippen LogP contribution in [0.2, 0.25) is 0 Å². The van der Waals surface area contributed by atoms with Crippen LogP contribution in [-0.2, 0) is 4.79 Å². The number of carbonyl (C=O) groups excluding carboxylic acids is 1. The van der Waals surface area contributed by atoms with Crippen LogP contribution in [0.25, 0.3) is 0 Å². The van der Waals surface area contributed by atoms with E-state index in [2.05, 4.69) is 4.90 Å². The van der Waals surface area contributed by atoms with E-state index in [1.54, 1.807) is 0 Å². The first kappa shape index (κ1) is 11.9. The molecule has 1 amide bonds. The maximum absolute atomic E-state index is 12.0. The van der Waals surface area contributed by atoms with Gasteiger partial charge in [-0.1, -0.05) is 12.8 Å². The molecule has 0 aromatic heterocycles. The van der Waals surface area contributed by atoms with Crippen LogP contribution in [0.1, 0.15) is 51.4 Å². The van der Waals surface area contributed by atoms with Gasteiger partial charge in [-0.15, -0.1) is 0 Å². The number of amides is 1. The smallest absolute Gasteiger partial charge is 0.222 e. The highest BCUT2D eigenvalue weighted by Crippen LogP contribution is 2.35. The van der Waals surface area contributed by atoms with Gasteiger partial charge in [-0.2, -0.15) is 0 Å². The molecule has 1 aliphatic carbocycles. The van der Waals surface area contributed by atoms with E-state index in [0.29, 0.717) is 18.9 Å². The van der Waals surface area contributed by atoms with Crippen LogP contribution in [0.15, 0.2) is 0 Å². The molecule has 1 heterocycles. The first-order valence-corrected chi connectivity index (χ1v) is 6.73. The van der Waals surface area contributed by atoms with Gasteiger partial charge in [0.05, 0.1) is 0 Å². The molecule has 0 aromatic rings. The van der Waals surface area contributed by atoms with Crippen LogP contribution in [0, 0.1) is 5.92 Å². The predicted molar refractivity (Wildman–Crippen MR) is 63.0 cm³/mol. The second kappa shape index (κ2) is 5.67. The maximum Gasteiger partial charge on any atom is 0.222 e. The summed E-state index contributed by atoms with van der Waals surface area (Å²) in [5.41, 5.74) is 0. The highest BCUT2D eigenvalue weighted by molar-refractivity contribution is 5.76. The van der Waals surface area contributed by atoms with Crippen molar-refractivity contribution in [1.29, 1.82) is 0 Å². The van der Waals surface area contributed by atoms with Crippen molar-refractivity contribution in [3.63, 3.8) is 0 Å². The van der Waals surface area contributed by atoms with Crippen molar-refractivity contribution in [2.24, 2.45) is 5.92 Å². The quantitative estimate of drug-likeness (QED) is 0.794. The molecular weight excluding hydrogens is 202 g/mol. The van der Waals surface area contributed by atoms with E-state index in [-0.39, 0.29) is 12.5 Å². The molecule has 3 heteroatoms. The van der Waals surface area contributed by atoms with Crippen LogP contribution < -0.4 is 0 Å². The third-order valence-corrected chi connectivity index (χ3v) is 4.11. The summed E-state index contributed by atoms with van der Waals surface area (Å²) in [6.07, 6.45) is 8.84. The first-order chi connectivity index (χ1) is 7.83. The van der Waals surface area contributed by atoms with Crippen molar-refractivity contribution in [1.82, 2.24) is 4.90 Å². The van der Waals surface area contributed by atoms with Gasteiger partial charge in [0.2, 0.25) is 5.91 Å². The Hall–Kier alpha value is -0.570. The van der Waals surface area contributed by atoms with Gasteiger partial charge in [0, 0.05) is 25.6 Å². The molecule has 1 atom stereocenters. The minimum absolute atomic E-state index is 0.133. The SMILES string of the molecule is O=C(CCCO)N1CCCC1C1CCCC1. The van der Waals surface area contributed by atoms with Crippen molar-refractivity contribution in [3.05, 3.63) is 0 Å². The summed E-state index contributed by atoms with van der Waals surface area (Å²) < 4.78 is 0.